The third-order valence-corrected chi connectivity index (χ3v) is 3.30. The maximum atomic E-state index is 6.25. The van der Waals surface area contributed by atoms with Crippen molar-refractivity contribution in [3.05, 3.63) is 47.2 Å². The molecule has 1 heterocycles. The molecule has 5 heteroatoms. The first-order valence-corrected chi connectivity index (χ1v) is 7.27. The van der Waals surface area contributed by atoms with Gasteiger partial charge in [0.1, 0.15) is 12.4 Å². The molecule has 108 valence electrons. The fraction of sp³-hybridized carbons (Fsp3) is 0.400. The van der Waals surface area contributed by atoms with E-state index in [1.807, 2.05) is 35.1 Å². The molecule has 0 aliphatic rings. The highest BCUT2D eigenvalue weighted by Crippen LogP contribution is 2.26. The molecule has 0 aliphatic heterocycles. The van der Waals surface area contributed by atoms with Crippen LogP contribution in [0.5, 0.6) is 5.75 Å². The van der Waals surface area contributed by atoms with Crippen LogP contribution >= 0.6 is 11.6 Å². The van der Waals surface area contributed by atoms with Gasteiger partial charge in [-0.3, -0.25) is 4.68 Å². The molecule has 0 bridgehead atoms. The molecule has 2 aromatic rings. The molecular formula is C15H20ClN3O. The Bertz CT molecular complexity index is 514. The van der Waals surface area contributed by atoms with E-state index in [-0.39, 0.29) is 0 Å². The van der Waals surface area contributed by atoms with Crippen LogP contribution in [0.4, 0.5) is 0 Å². The smallest absolute Gasteiger partial charge is 0.125 e. The molecule has 1 aromatic carbocycles. The SMILES string of the molecule is CCCNCc1c(Cl)cccc1OCCn1cccn1. The molecular weight excluding hydrogens is 274 g/mol. The Morgan fingerprint density at radius 3 is 3.00 bits per heavy atom. The monoisotopic (exact) mass is 293 g/mol. The average molecular weight is 294 g/mol. The molecule has 0 unspecified atom stereocenters. The molecule has 4 nitrogen and oxygen atoms in total. The van der Waals surface area contributed by atoms with E-state index in [4.69, 9.17) is 16.3 Å². The Morgan fingerprint density at radius 1 is 1.35 bits per heavy atom. The lowest BCUT2D eigenvalue weighted by Gasteiger charge is -2.13. The minimum Gasteiger partial charge on any atom is -0.491 e. The Labute approximate surface area is 124 Å². The van der Waals surface area contributed by atoms with Gasteiger partial charge >= 0.3 is 0 Å². The highest BCUT2D eigenvalue weighted by molar-refractivity contribution is 6.31. The van der Waals surface area contributed by atoms with Crippen molar-refractivity contribution < 1.29 is 4.74 Å². The van der Waals surface area contributed by atoms with Gasteiger partial charge in [-0.15, -0.1) is 0 Å². The zero-order valence-electron chi connectivity index (χ0n) is 11.7. The predicted molar refractivity (Wildman–Crippen MR) is 81.2 cm³/mol. The van der Waals surface area contributed by atoms with Crippen LogP contribution in [0.3, 0.4) is 0 Å². The summed E-state index contributed by atoms with van der Waals surface area (Å²) in [4.78, 5) is 0. The summed E-state index contributed by atoms with van der Waals surface area (Å²) in [6.07, 6.45) is 4.78. The minimum atomic E-state index is 0.572. The summed E-state index contributed by atoms with van der Waals surface area (Å²) in [6, 6.07) is 7.66. The van der Waals surface area contributed by atoms with Gasteiger partial charge in [-0.1, -0.05) is 24.6 Å². The van der Waals surface area contributed by atoms with E-state index in [0.29, 0.717) is 6.61 Å². The van der Waals surface area contributed by atoms with Crippen LogP contribution in [0, 0.1) is 0 Å². The molecule has 0 spiro atoms. The number of nitrogens with one attached hydrogen (secondary N) is 1. The second-order valence-electron chi connectivity index (χ2n) is 4.51. The third-order valence-electron chi connectivity index (χ3n) is 2.94. The summed E-state index contributed by atoms with van der Waals surface area (Å²) in [5, 5.41) is 8.24. The van der Waals surface area contributed by atoms with Gasteiger partial charge < -0.3 is 10.1 Å². The quantitative estimate of drug-likeness (QED) is 0.760. The molecule has 0 radical (unpaired) electrons. The lowest BCUT2D eigenvalue weighted by molar-refractivity contribution is 0.288. The van der Waals surface area contributed by atoms with Gasteiger partial charge in [0.15, 0.2) is 0 Å². The van der Waals surface area contributed by atoms with Crippen LogP contribution in [-0.4, -0.2) is 22.9 Å². The Morgan fingerprint density at radius 2 is 2.25 bits per heavy atom. The van der Waals surface area contributed by atoms with Crippen molar-refractivity contribution >= 4 is 11.6 Å². The lowest BCUT2D eigenvalue weighted by Crippen LogP contribution is -2.16. The van der Waals surface area contributed by atoms with Gasteiger partial charge in [0.25, 0.3) is 0 Å². The summed E-state index contributed by atoms with van der Waals surface area (Å²) < 4.78 is 7.68. The maximum Gasteiger partial charge on any atom is 0.125 e. The van der Waals surface area contributed by atoms with Gasteiger partial charge in [0, 0.05) is 29.5 Å². The van der Waals surface area contributed by atoms with Crippen molar-refractivity contribution in [3.8, 4) is 5.75 Å². The Balaban J connectivity index is 1.93. The first-order chi connectivity index (χ1) is 9.81. The van der Waals surface area contributed by atoms with E-state index < -0.39 is 0 Å². The number of rotatable bonds is 8. The van der Waals surface area contributed by atoms with E-state index in [0.717, 1.165) is 42.4 Å². The first kappa shape index (κ1) is 14.9. The van der Waals surface area contributed by atoms with Gasteiger partial charge in [-0.25, -0.2) is 0 Å². The lowest BCUT2D eigenvalue weighted by atomic mass is 10.2. The van der Waals surface area contributed by atoms with Crippen LogP contribution in [-0.2, 0) is 13.1 Å². The standard InChI is InChI=1S/C15H20ClN3O/c1-2-7-17-12-13-14(16)5-3-6-15(13)20-11-10-19-9-4-8-18-19/h3-6,8-9,17H,2,7,10-12H2,1H3. The summed E-state index contributed by atoms with van der Waals surface area (Å²) in [5.74, 6) is 0.841. The molecule has 20 heavy (non-hydrogen) atoms. The molecule has 0 amide bonds. The second kappa shape index (κ2) is 7.92. The number of aromatic nitrogens is 2. The summed E-state index contributed by atoms with van der Waals surface area (Å²) in [7, 11) is 0. The molecule has 0 saturated carbocycles. The second-order valence-corrected chi connectivity index (χ2v) is 4.92. The normalized spacial score (nSPS) is 10.7. The highest BCUT2D eigenvalue weighted by Gasteiger charge is 2.07. The van der Waals surface area contributed by atoms with E-state index in [1.54, 1.807) is 6.20 Å². The van der Waals surface area contributed by atoms with Crippen molar-refractivity contribution in [2.75, 3.05) is 13.2 Å². The van der Waals surface area contributed by atoms with Crippen LogP contribution < -0.4 is 10.1 Å². The number of hydrogen-bond donors (Lipinski definition) is 1. The Kier molecular flexibility index (Phi) is 5.89. The van der Waals surface area contributed by atoms with Crippen LogP contribution in [0.15, 0.2) is 36.7 Å². The van der Waals surface area contributed by atoms with Crippen LogP contribution in [0.2, 0.25) is 5.02 Å². The molecule has 0 aliphatic carbocycles. The van der Waals surface area contributed by atoms with Crippen molar-refractivity contribution in [2.24, 2.45) is 0 Å². The molecule has 0 fully saturated rings. The largest absolute Gasteiger partial charge is 0.491 e. The first-order valence-electron chi connectivity index (χ1n) is 6.89. The number of halogens is 1. The minimum absolute atomic E-state index is 0.572. The van der Waals surface area contributed by atoms with Gasteiger partial charge in [-0.2, -0.15) is 5.10 Å². The van der Waals surface area contributed by atoms with E-state index in [2.05, 4.69) is 17.3 Å². The molecule has 2 rings (SSSR count). The van der Waals surface area contributed by atoms with Crippen molar-refractivity contribution in [2.45, 2.75) is 26.4 Å². The molecule has 0 saturated heterocycles. The van der Waals surface area contributed by atoms with Crippen LogP contribution in [0.25, 0.3) is 0 Å². The fourth-order valence-electron chi connectivity index (χ4n) is 1.92. The van der Waals surface area contributed by atoms with Gasteiger partial charge in [0.2, 0.25) is 0 Å². The third kappa shape index (κ3) is 4.25. The average Bonchev–Trinajstić information content (AvgIpc) is 2.95. The van der Waals surface area contributed by atoms with Crippen LogP contribution in [0.1, 0.15) is 18.9 Å². The van der Waals surface area contributed by atoms with Crippen molar-refractivity contribution in [1.29, 1.82) is 0 Å². The molecule has 1 aromatic heterocycles. The highest BCUT2D eigenvalue weighted by atomic mass is 35.5. The molecule has 0 atom stereocenters. The van der Waals surface area contributed by atoms with Gasteiger partial charge in [-0.05, 0) is 31.2 Å². The fourth-order valence-corrected chi connectivity index (χ4v) is 2.15. The topological polar surface area (TPSA) is 39.1 Å². The summed E-state index contributed by atoms with van der Waals surface area (Å²) in [6.45, 7) is 5.13. The number of hydrogen-bond acceptors (Lipinski definition) is 3. The maximum absolute atomic E-state index is 6.25. The van der Waals surface area contributed by atoms with Crippen molar-refractivity contribution in [1.82, 2.24) is 15.1 Å². The summed E-state index contributed by atoms with van der Waals surface area (Å²) >= 11 is 6.25. The molecule has 1 N–H and O–H groups in total. The predicted octanol–water partition coefficient (Wildman–Crippen LogP) is 3.12. The van der Waals surface area contributed by atoms with Crippen molar-refractivity contribution in [3.63, 3.8) is 0 Å². The Hall–Kier alpha value is -1.52. The number of benzene rings is 1. The van der Waals surface area contributed by atoms with E-state index in [9.17, 15) is 0 Å². The van der Waals surface area contributed by atoms with Gasteiger partial charge in [0.05, 0.1) is 6.54 Å². The van der Waals surface area contributed by atoms with E-state index in [1.165, 1.54) is 0 Å². The summed E-state index contributed by atoms with van der Waals surface area (Å²) in [5.41, 5.74) is 1.02. The number of nitrogens with zero attached hydrogens (tertiary/aromatic N) is 2. The van der Waals surface area contributed by atoms with E-state index >= 15 is 0 Å². The zero-order chi connectivity index (χ0) is 14.2. The number of ether oxygens (including phenoxy) is 1. The zero-order valence-corrected chi connectivity index (χ0v) is 12.4.